The molecule has 1 unspecified atom stereocenters. The molecule has 4 aromatic rings. The minimum Gasteiger partial charge on any atom is -0.322 e. The number of pyridine rings is 1. The summed E-state index contributed by atoms with van der Waals surface area (Å²) in [6.45, 7) is 2.55. The largest absolute Gasteiger partial charge is 0.322 e. The van der Waals surface area contributed by atoms with E-state index in [1.165, 1.54) is 5.56 Å². The van der Waals surface area contributed by atoms with Crippen LogP contribution in [0.15, 0.2) is 79.1 Å². The molecule has 5 nitrogen and oxygen atoms in total. The summed E-state index contributed by atoms with van der Waals surface area (Å²) in [5.41, 5.74) is 6.59. The Hall–Kier alpha value is -3.73. The molecule has 2 aromatic carbocycles. The van der Waals surface area contributed by atoms with Crippen molar-refractivity contribution in [1.29, 1.82) is 0 Å². The minimum absolute atomic E-state index is 0.0379. The molecule has 0 radical (unpaired) electrons. The number of nitrogens with one attached hydrogen (secondary N) is 1. The highest BCUT2D eigenvalue weighted by Crippen LogP contribution is 2.43. The number of aromatic amines is 1. The standard InChI is InChI=1S/C24H20N4O/c1-16-9-11-19(12-10-16)23-20-21(18-7-3-2-4-8-18)26-27-22(20)24(29)28(23)15-17-6-5-13-25-14-17/h2-14,23H,15H2,1H3,(H,26,27). The SMILES string of the molecule is Cc1ccc(C2c3c(-c4ccccc4)n[nH]c3C(=O)N2Cc2cccnc2)cc1. The van der Waals surface area contributed by atoms with Gasteiger partial charge in [-0.3, -0.25) is 14.9 Å². The molecular formula is C24H20N4O. The maximum atomic E-state index is 13.3. The molecule has 0 saturated heterocycles. The summed E-state index contributed by atoms with van der Waals surface area (Å²) in [6.07, 6.45) is 3.55. The van der Waals surface area contributed by atoms with E-state index >= 15 is 0 Å². The molecule has 0 spiro atoms. The molecule has 142 valence electrons. The summed E-state index contributed by atoms with van der Waals surface area (Å²) in [6, 6.07) is 22.1. The van der Waals surface area contributed by atoms with Gasteiger partial charge in [0.05, 0.1) is 11.7 Å². The van der Waals surface area contributed by atoms with Crippen molar-refractivity contribution in [2.75, 3.05) is 0 Å². The van der Waals surface area contributed by atoms with Crippen LogP contribution in [0.2, 0.25) is 0 Å². The molecule has 0 fully saturated rings. The van der Waals surface area contributed by atoms with Crippen molar-refractivity contribution >= 4 is 5.91 Å². The molecule has 5 heteroatoms. The van der Waals surface area contributed by atoms with Gasteiger partial charge in [0.25, 0.3) is 5.91 Å². The zero-order valence-corrected chi connectivity index (χ0v) is 16.0. The average Bonchev–Trinajstić information content (AvgIpc) is 3.30. The normalized spacial score (nSPS) is 15.6. The summed E-state index contributed by atoms with van der Waals surface area (Å²) in [5.74, 6) is -0.0379. The maximum Gasteiger partial charge on any atom is 0.273 e. The van der Waals surface area contributed by atoms with Crippen LogP contribution in [-0.2, 0) is 6.54 Å². The summed E-state index contributed by atoms with van der Waals surface area (Å²) in [4.78, 5) is 19.4. The zero-order chi connectivity index (χ0) is 19.8. The molecule has 1 amide bonds. The van der Waals surface area contributed by atoms with Gasteiger partial charge in [-0.2, -0.15) is 5.10 Å². The molecule has 5 rings (SSSR count). The van der Waals surface area contributed by atoms with Gasteiger partial charge in [-0.15, -0.1) is 0 Å². The Morgan fingerprint density at radius 3 is 2.52 bits per heavy atom. The third-order valence-electron chi connectivity index (χ3n) is 5.38. The molecule has 0 saturated carbocycles. The molecule has 3 heterocycles. The predicted molar refractivity (Wildman–Crippen MR) is 111 cm³/mol. The average molecular weight is 380 g/mol. The van der Waals surface area contributed by atoms with E-state index in [1.54, 1.807) is 6.20 Å². The Morgan fingerprint density at radius 2 is 1.79 bits per heavy atom. The van der Waals surface area contributed by atoms with Gasteiger partial charge >= 0.3 is 0 Å². The molecule has 1 N–H and O–H groups in total. The van der Waals surface area contributed by atoms with Crippen LogP contribution in [0.25, 0.3) is 11.3 Å². The summed E-state index contributed by atoms with van der Waals surface area (Å²) in [5, 5.41) is 7.51. The first-order valence-electron chi connectivity index (χ1n) is 9.62. The minimum atomic E-state index is -0.202. The van der Waals surface area contributed by atoms with Crippen LogP contribution >= 0.6 is 0 Å². The summed E-state index contributed by atoms with van der Waals surface area (Å²) >= 11 is 0. The second-order valence-corrected chi connectivity index (χ2v) is 7.33. The van der Waals surface area contributed by atoms with Gasteiger partial charge in [0.2, 0.25) is 0 Å². The number of fused-ring (bicyclic) bond motifs is 1. The second-order valence-electron chi connectivity index (χ2n) is 7.33. The van der Waals surface area contributed by atoms with Crippen molar-refractivity contribution < 1.29 is 4.79 Å². The first-order valence-corrected chi connectivity index (χ1v) is 9.62. The summed E-state index contributed by atoms with van der Waals surface area (Å²) < 4.78 is 0. The van der Waals surface area contributed by atoms with Crippen molar-refractivity contribution in [3.05, 3.63) is 107 Å². The fourth-order valence-corrected chi connectivity index (χ4v) is 3.96. The Balaban J connectivity index is 1.65. The van der Waals surface area contributed by atoms with Crippen molar-refractivity contribution in [3.8, 4) is 11.3 Å². The van der Waals surface area contributed by atoms with E-state index in [2.05, 4.69) is 46.4 Å². The quantitative estimate of drug-likeness (QED) is 0.566. The highest BCUT2D eigenvalue weighted by Gasteiger charge is 2.42. The second kappa shape index (κ2) is 7.02. The Kier molecular flexibility index (Phi) is 4.21. The maximum absolute atomic E-state index is 13.3. The lowest BCUT2D eigenvalue weighted by Gasteiger charge is -2.26. The van der Waals surface area contributed by atoms with Crippen LogP contribution in [0.1, 0.15) is 38.8 Å². The lowest BCUT2D eigenvalue weighted by Crippen LogP contribution is -2.29. The molecule has 29 heavy (non-hydrogen) atoms. The highest BCUT2D eigenvalue weighted by atomic mass is 16.2. The number of carbonyl (C=O) groups excluding carboxylic acids is 1. The van der Waals surface area contributed by atoms with Gasteiger partial charge in [-0.25, -0.2) is 0 Å². The molecular weight excluding hydrogens is 360 g/mol. The van der Waals surface area contributed by atoms with Crippen LogP contribution in [0.4, 0.5) is 0 Å². The number of hydrogen-bond donors (Lipinski definition) is 1. The first kappa shape index (κ1) is 17.4. The highest BCUT2D eigenvalue weighted by molar-refractivity contribution is 6.00. The third kappa shape index (κ3) is 3.01. The lowest BCUT2D eigenvalue weighted by atomic mass is 9.95. The number of amides is 1. The van der Waals surface area contributed by atoms with Crippen LogP contribution in [0, 0.1) is 6.92 Å². The van der Waals surface area contributed by atoms with Gasteiger partial charge in [0.15, 0.2) is 0 Å². The van der Waals surface area contributed by atoms with E-state index in [9.17, 15) is 4.79 Å². The van der Waals surface area contributed by atoms with E-state index < -0.39 is 0 Å². The zero-order valence-electron chi connectivity index (χ0n) is 16.0. The molecule has 1 atom stereocenters. The number of carbonyl (C=O) groups is 1. The van der Waals surface area contributed by atoms with Gasteiger partial charge < -0.3 is 4.90 Å². The van der Waals surface area contributed by atoms with Crippen LogP contribution in [0.3, 0.4) is 0 Å². The van der Waals surface area contributed by atoms with Gasteiger partial charge in [-0.1, -0.05) is 66.2 Å². The van der Waals surface area contributed by atoms with E-state index in [0.717, 1.165) is 27.9 Å². The van der Waals surface area contributed by atoms with Crippen molar-refractivity contribution in [3.63, 3.8) is 0 Å². The third-order valence-corrected chi connectivity index (χ3v) is 5.38. The fraction of sp³-hybridized carbons (Fsp3) is 0.125. The smallest absolute Gasteiger partial charge is 0.273 e. The Morgan fingerprint density at radius 1 is 1.00 bits per heavy atom. The number of benzene rings is 2. The van der Waals surface area contributed by atoms with Gasteiger partial charge in [0, 0.05) is 30.1 Å². The number of nitrogens with zero attached hydrogens (tertiary/aromatic N) is 3. The van der Waals surface area contributed by atoms with Crippen molar-refractivity contribution in [2.24, 2.45) is 0 Å². The molecule has 1 aliphatic rings. The molecule has 0 aliphatic carbocycles. The first-order chi connectivity index (χ1) is 14.2. The fourth-order valence-electron chi connectivity index (χ4n) is 3.96. The van der Waals surface area contributed by atoms with E-state index in [0.29, 0.717) is 12.2 Å². The van der Waals surface area contributed by atoms with E-state index in [-0.39, 0.29) is 11.9 Å². The van der Waals surface area contributed by atoms with Gasteiger partial charge in [-0.05, 0) is 24.1 Å². The Labute approximate surface area is 169 Å². The van der Waals surface area contributed by atoms with E-state index in [4.69, 9.17) is 0 Å². The van der Waals surface area contributed by atoms with Crippen molar-refractivity contribution in [1.82, 2.24) is 20.1 Å². The predicted octanol–water partition coefficient (Wildman–Crippen LogP) is 4.53. The van der Waals surface area contributed by atoms with Crippen LogP contribution in [0.5, 0.6) is 0 Å². The van der Waals surface area contributed by atoms with E-state index in [1.807, 2.05) is 53.6 Å². The van der Waals surface area contributed by atoms with Crippen LogP contribution < -0.4 is 0 Å². The number of rotatable bonds is 4. The number of H-pyrrole nitrogens is 1. The molecule has 0 bridgehead atoms. The molecule has 1 aliphatic heterocycles. The number of aryl methyl sites for hydroxylation is 1. The molecule has 2 aromatic heterocycles. The van der Waals surface area contributed by atoms with Crippen molar-refractivity contribution in [2.45, 2.75) is 19.5 Å². The monoisotopic (exact) mass is 380 g/mol. The number of aromatic nitrogens is 3. The Bertz CT molecular complexity index is 1150. The topological polar surface area (TPSA) is 61.9 Å². The number of hydrogen-bond acceptors (Lipinski definition) is 3. The lowest BCUT2D eigenvalue weighted by molar-refractivity contribution is 0.0730. The summed E-state index contributed by atoms with van der Waals surface area (Å²) in [7, 11) is 0. The van der Waals surface area contributed by atoms with Gasteiger partial charge in [0.1, 0.15) is 5.69 Å². The van der Waals surface area contributed by atoms with Crippen LogP contribution in [-0.4, -0.2) is 26.0 Å².